The highest BCUT2D eigenvalue weighted by molar-refractivity contribution is 6.01. The van der Waals surface area contributed by atoms with Gasteiger partial charge in [-0.1, -0.05) is 54.6 Å². The van der Waals surface area contributed by atoms with E-state index in [0.717, 1.165) is 22.1 Å². The first-order valence-corrected chi connectivity index (χ1v) is 8.10. The van der Waals surface area contributed by atoms with Gasteiger partial charge >= 0.3 is 0 Å². The van der Waals surface area contributed by atoms with E-state index in [2.05, 4.69) is 68.4 Å². The first kappa shape index (κ1) is 14.5. The van der Waals surface area contributed by atoms with E-state index < -0.39 is 0 Å². The van der Waals surface area contributed by atoms with Crippen molar-refractivity contribution in [2.75, 3.05) is 0 Å². The minimum Gasteiger partial charge on any atom is -0.192 e. The molecule has 1 heteroatoms. The molecular weight excluding hydrogens is 290 g/mol. The summed E-state index contributed by atoms with van der Waals surface area (Å²) in [6.07, 6.45) is 0. The summed E-state index contributed by atoms with van der Waals surface area (Å²) >= 11 is 0. The number of aryl methyl sites for hydroxylation is 2. The van der Waals surface area contributed by atoms with Crippen LogP contribution in [0.15, 0.2) is 66.7 Å². The summed E-state index contributed by atoms with van der Waals surface area (Å²) in [5.41, 5.74) is 5.37. The van der Waals surface area contributed by atoms with Crippen molar-refractivity contribution in [3.05, 3.63) is 83.4 Å². The molecule has 0 aromatic heterocycles. The third kappa shape index (κ3) is 2.25. The maximum atomic E-state index is 9.69. The second-order valence-corrected chi connectivity index (χ2v) is 6.32. The lowest BCUT2D eigenvalue weighted by atomic mass is 9.91. The highest BCUT2D eigenvalue weighted by atomic mass is 14.3. The molecule has 0 amide bonds. The summed E-state index contributed by atoms with van der Waals surface area (Å²) in [4.78, 5) is 0. The predicted octanol–water partition coefficient (Wildman–Crippen LogP) is 6.15. The van der Waals surface area contributed by atoms with Gasteiger partial charge in [0.2, 0.25) is 0 Å². The van der Waals surface area contributed by atoms with E-state index in [1.165, 1.54) is 27.3 Å². The quantitative estimate of drug-likeness (QED) is 0.414. The minimum atomic E-state index is 0.724. The van der Waals surface area contributed by atoms with Gasteiger partial charge < -0.3 is 0 Å². The highest BCUT2D eigenvalue weighted by Gasteiger charge is 2.11. The Balaban J connectivity index is 2.08. The number of benzene rings is 4. The number of rotatable bonds is 1. The summed E-state index contributed by atoms with van der Waals surface area (Å²) in [6.45, 7) is 4.24. The van der Waals surface area contributed by atoms with Crippen LogP contribution < -0.4 is 0 Å². The Kier molecular flexibility index (Phi) is 3.32. The molecule has 0 unspecified atom stereocenters. The van der Waals surface area contributed by atoms with Crippen LogP contribution in [0.1, 0.15) is 16.7 Å². The van der Waals surface area contributed by atoms with Gasteiger partial charge in [-0.3, -0.25) is 0 Å². The molecule has 114 valence electrons. The Morgan fingerprint density at radius 3 is 2.08 bits per heavy atom. The lowest BCUT2D eigenvalue weighted by Gasteiger charge is -2.12. The Bertz CT molecular complexity index is 1120. The van der Waals surface area contributed by atoms with Crippen LogP contribution in [-0.4, -0.2) is 0 Å². The van der Waals surface area contributed by atoms with Crippen LogP contribution in [0.25, 0.3) is 32.7 Å². The number of nitriles is 1. The van der Waals surface area contributed by atoms with Crippen LogP contribution in [0.4, 0.5) is 0 Å². The van der Waals surface area contributed by atoms with Crippen LogP contribution >= 0.6 is 0 Å². The van der Waals surface area contributed by atoms with Crippen LogP contribution in [0.3, 0.4) is 0 Å². The molecule has 0 bridgehead atoms. The second kappa shape index (κ2) is 5.51. The fraction of sp³-hybridized carbons (Fsp3) is 0.0870. The molecule has 0 heterocycles. The molecule has 0 atom stereocenters. The molecule has 0 N–H and O–H groups in total. The van der Waals surface area contributed by atoms with Gasteiger partial charge in [0.25, 0.3) is 0 Å². The Labute approximate surface area is 141 Å². The van der Waals surface area contributed by atoms with Crippen molar-refractivity contribution in [3.63, 3.8) is 0 Å². The molecule has 1 nitrogen and oxygen atoms in total. The standard InChI is InChI=1S/C23H17N/c1-15-10-18-12-20(14-24)23(13-19(18)11-16(15)2)22-9-5-7-17-6-3-4-8-21(17)22/h3-13H,1-2H3. The molecule has 0 aliphatic carbocycles. The lowest BCUT2D eigenvalue weighted by Crippen LogP contribution is -1.89. The topological polar surface area (TPSA) is 23.8 Å². The van der Waals surface area contributed by atoms with Gasteiger partial charge in [0.05, 0.1) is 11.6 Å². The van der Waals surface area contributed by atoms with Crippen molar-refractivity contribution in [3.8, 4) is 17.2 Å². The van der Waals surface area contributed by atoms with Crippen LogP contribution in [0.2, 0.25) is 0 Å². The summed E-state index contributed by atoms with van der Waals surface area (Å²) in [7, 11) is 0. The maximum Gasteiger partial charge on any atom is 0.0998 e. The maximum absolute atomic E-state index is 9.69. The average molecular weight is 307 g/mol. The summed E-state index contributed by atoms with van der Waals surface area (Å²) in [5.74, 6) is 0. The molecule has 0 radical (unpaired) electrons. The van der Waals surface area contributed by atoms with Gasteiger partial charge in [0.15, 0.2) is 0 Å². The van der Waals surface area contributed by atoms with Crippen LogP contribution in [0, 0.1) is 25.2 Å². The molecule has 0 spiro atoms. The Morgan fingerprint density at radius 2 is 1.33 bits per heavy atom. The summed E-state index contributed by atoms with van der Waals surface area (Å²) < 4.78 is 0. The third-order valence-corrected chi connectivity index (χ3v) is 4.79. The van der Waals surface area contributed by atoms with E-state index in [1.54, 1.807) is 0 Å². The minimum absolute atomic E-state index is 0.724. The van der Waals surface area contributed by atoms with Crippen molar-refractivity contribution in [2.24, 2.45) is 0 Å². The van der Waals surface area contributed by atoms with Crippen LogP contribution in [-0.2, 0) is 0 Å². The van der Waals surface area contributed by atoms with Crippen LogP contribution in [0.5, 0.6) is 0 Å². The van der Waals surface area contributed by atoms with E-state index in [1.807, 2.05) is 18.2 Å². The largest absolute Gasteiger partial charge is 0.192 e. The number of hydrogen-bond donors (Lipinski definition) is 0. The van der Waals surface area contributed by atoms with E-state index in [-0.39, 0.29) is 0 Å². The van der Waals surface area contributed by atoms with Gasteiger partial charge in [-0.2, -0.15) is 5.26 Å². The lowest BCUT2D eigenvalue weighted by molar-refractivity contribution is 1.36. The van der Waals surface area contributed by atoms with Crippen molar-refractivity contribution in [1.82, 2.24) is 0 Å². The molecule has 0 saturated heterocycles. The zero-order valence-corrected chi connectivity index (χ0v) is 13.8. The van der Waals surface area contributed by atoms with Crippen molar-refractivity contribution >= 4 is 21.5 Å². The zero-order valence-electron chi connectivity index (χ0n) is 13.8. The number of fused-ring (bicyclic) bond motifs is 2. The normalized spacial score (nSPS) is 10.9. The summed E-state index contributed by atoms with van der Waals surface area (Å²) in [6, 6.07) is 25.5. The van der Waals surface area contributed by atoms with E-state index in [0.29, 0.717) is 0 Å². The summed E-state index contributed by atoms with van der Waals surface area (Å²) in [5, 5.41) is 14.4. The molecule has 24 heavy (non-hydrogen) atoms. The first-order chi connectivity index (χ1) is 11.7. The molecule has 0 fully saturated rings. The average Bonchev–Trinajstić information content (AvgIpc) is 2.61. The Hall–Kier alpha value is -3.11. The molecule has 4 aromatic carbocycles. The molecule has 0 aliphatic rings. The van der Waals surface area contributed by atoms with E-state index >= 15 is 0 Å². The van der Waals surface area contributed by atoms with Crippen molar-refractivity contribution < 1.29 is 0 Å². The third-order valence-electron chi connectivity index (χ3n) is 4.79. The molecule has 4 rings (SSSR count). The van der Waals surface area contributed by atoms with Crippen molar-refractivity contribution in [2.45, 2.75) is 13.8 Å². The van der Waals surface area contributed by atoms with Crippen molar-refractivity contribution in [1.29, 1.82) is 5.26 Å². The van der Waals surface area contributed by atoms with Gasteiger partial charge in [-0.15, -0.1) is 0 Å². The molecular formula is C23H17N. The fourth-order valence-corrected chi connectivity index (χ4v) is 3.35. The van der Waals surface area contributed by atoms with Gasteiger partial charge in [-0.05, 0) is 64.2 Å². The second-order valence-electron chi connectivity index (χ2n) is 6.32. The first-order valence-electron chi connectivity index (χ1n) is 8.10. The molecule has 0 saturated carbocycles. The number of nitrogens with zero attached hydrogens (tertiary/aromatic N) is 1. The SMILES string of the molecule is Cc1cc2cc(C#N)c(-c3cccc4ccccc34)cc2cc1C. The molecule has 0 aliphatic heterocycles. The highest BCUT2D eigenvalue weighted by Crippen LogP contribution is 2.34. The zero-order chi connectivity index (χ0) is 16.7. The fourth-order valence-electron chi connectivity index (χ4n) is 3.35. The monoisotopic (exact) mass is 307 g/mol. The molecule has 4 aromatic rings. The smallest absolute Gasteiger partial charge is 0.0998 e. The number of hydrogen-bond acceptors (Lipinski definition) is 1. The van der Waals surface area contributed by atoms with Gasteiger partial charge in [-0.25, -0.2) is 0 Å². The van der Waals surface area contributed by atoms with E-state index in [4.69, 9.17) is 0 Å². The predicted molar refractivity (Wildman–Crippen MR) is 101 cm³/mol. The van der Waals surface area contributed by atoms with E-state index in [9.17, 15) is 5.26 Å². The van der Waals surface area contributed by atoms with Gasteiger partial charge in [0.1, 0.15) is 0 Å². The Morgan fingerprint density at radius 1 is 0.667 bits per heavy atom. The van der Waals surface area contributed by atoms with Gasteiger partial charge in [0, 0.05) is 5.56 Å².